The van der Waals surface area contributed by atoms with Crippen LogP contribution in [0.1, 0.15) is 23.8 Å². The molecule has 1 fully saturated rings. The number of hydrogen-bond donors (Lipinski definition) is 2. The third kappa shape index (κ3) is 4.55. The molecule has 2 N–H and O–H groups in total. The van der Waals surface area contributed by atoms with E-state index in [1.807, 2.05) is 6.07 Å². The third-order valence-electron chi connectivity index (χ3n) is 4.24. The van der Waals surface area contributed by atoms with Gasteiger partial charge in [0.25, 0.3) is 5.69 Å². The molecule has 0 bridgehead atoms. The number of nitro benzene ring substituents is 1. The number of likely N-dealkylation sites (tertiary alicyclic amines) is 1. The molecule has 3 rings (SSSR count). The molecule has 1 aromatic carbocycles. The topological polar surface area (TPSA) is 87.5 Å². The highest BCUT2D eigenvalue weighted by Crippen LogP contribution is 2.27. The third-order valence-corrected chi connectivity index (χ3v) is 5.22. The maximum absolute atomic E-state index is 12.1. The zero-order chi connectivity index (χ0) is 17.6. The average molecular weight is 360 g/mol. The Balaban J connectivity index is 1.57. The van der Waals surface area contributed by atoms with Gasteiger partial charge < -0.3 is 10.6 Å². The quantitative estimate of drug-likeness (QED) is 0.608. The number of thiophene rings is 1. The summed E-state index contributed by atoms with van der Waals surface area (Å²) in [6.07, 6.45) is 2.38. The molecule has 8 heteroatoms. The molecule has 2 amide bonds. The van der Waals surface area contributed by atoms with E-state index in [1.54, 1.807) is 11.3 Å². The van der Waals surface area contributed by atoms with Crippen molar-refractivity contribution in [2.45, 2.75) is 18.9 Å². The van der Waals surface area contributed by atoms with Gasteiger partial charge in [0.2, 0.25) is 0 Å². The van der Waals surface area contributed by atoms with Gasteiger partial charge in [-0.05, 0) is 49.5 Å². The Morgan fingerprint density at radius 3 is 2.56 bits per heavy atom. The van der Waals surface area contributed by atoms with Gasteiger partial charge in [-0.15, -0.1) is 11.3 Å². The van der Waals surface area contributed by atoms with E-state index >= 15 is 0 Å². The van der Waals surface area contributed by atoms with Crippen LogP contribution in [0, 0.1) is 10.1 Å². The molecule has 2 heterocycles. The lowest BCUT2D eigenvalue weighted by Gasteiger charge is -2.26. The Bertz CT molecular complexity index is 712. The number of benzene rings is 1. The first kappa shape index (κ1) is 17.4. The van der Waals surface area contributed by atoms with Crippen LogP contribution in [0.2, 0.25) is 0 Å². The Hall–Kier alpha value is -2.45. The molecule has 0 aliphatic carbocycles. The number of carbonyl (C=O) groups excluding carboxylic acids is 1. The van der Waals surface area contributed by atoms with E-state index in [-0.39, 0.29) is 17.8 Å². The highest BCUT2D eigenvalue weighted by atomic mass is 32.1. The molecule has 1 atom stereocenters. The highest BCUT2D eigenvalue weighted by molar-refractivity contribution is 7.10. The number of rotatable bonds is 6. The van der Waals surface area contributed by atoms with Crippen LogP contribution in [0.4, 0.5) is 16.2 Å². The van der Waals surface area contributed by atoms with Crippen LogP contribution in [0.15, 0.2) is 41.8 Å². The molecular formula is C17H20N4O3S. The monoisotopic (exact) mass is 360 g/mol. The van der Waals surface area contributed by atoms with E-state index < -0.39 is 4.92 Å². The first-order valence-corrected chi connectivity index (χ1v) is 9.08. The lowest BCUT2D eigenvalue weighted by atomic mass is 10.2. The summed E-state index contributed by atoms with van der Waals surface area (Å²) in [5.74, 6) is 0. The van der Waals surface area contributed by atoms with Crippen molar-refractivity contribution in [1.82, 2.24) is 10.2 Å². The van der Waals surface area contributed by atoms with E-state index in [9.17, 15) is 14.9 Å². The van der Waals surface area contributed by atoms with Gasteiger partial charge in [0, 0.05) is 29.2 Å². The molecule has 2 aromatic rings. The molecule has 1 aromatic heterocycles. The Morgan fingerprint density at radius 2 is 1.96 bits per heavy atom. The van der Waals surface area contributed by atoms with Crippen molar-refractivity contribution >= 4 is 28.7 Å². The number of carbonyl (C=O) groups is 1. The molecule has 7 nitrogen and oxygen atoms in total. The van der Waals surface area contributed by atoms with E-state index in [0.29, 0.717) is 12.2 Å². The SMILES string of the molecule is O=C(NCC(c1cccs1)N1CCCC1)Nc1ccc([N+](=O)[O-])cc1. The van der Waals surface area contributed by atoms with E-state index in [1.165, 1.54) is 42.0 Å². The largest absolute Gasteiger partial charge is 0.336 e. The molecule has 0 spiro atoms. The summed E-state index contributed by atoms with van der Waals surface area (Å²) in [5.41, 5.74) is 0.523. The smallest absolute Gasteiger partial charge is 0.319 e. The summed E-state index contributed by atoms with van der Waals surface area (Å²) < 4.78 is 0. The van der Waals surface area contributed by atoms with Crippen LogP contribution in [0.3, 0.4) is 0 Å². The van der Waals surface area contributed by atoms with Crippen LogP contribution in [-0.4, -0.2) is 35.5 Å². The van der Waals surface area contributed by atoms with Crippen LogP contribution in [0.25, 0.3) is 0 Å². The molecule has 1 aliphatic heterocycles. The normalized spacial score (nSPS) is 15.7. The second-order valence-electron chi connectivity index (χ2n) is 5.91. The summed E-state index contributed by atoms with van der Waals surface area (Å²) >= 11 is 1.70. The maximum Gasteiger partial charge on any atom is 0.319 e. The highest BCUT2D eigenvalue weighted by Gasteiger charge is 2.24. The summed E-state index contributed by atoms with van der Waals surface area (Å²) in [4.78, 5) is 26.0. The van der Waals surface area contributed by atoms with Crippen LogP contribution >= 0.6 is 11.3 Å². The van der Waals surface area contributed by atoms with Gasteiger partial charge in [-0.25, -0.2) is 4.79 Å². The Kier molecular flexibility index (Phi) is 5.62. The standard InChI is InChI=1S/C17H20N4O3S/c22-17(19-13-5-7-14(8-6-13)21(23)24)18-12-15(16-4-3-11-25-16)20-9-1-2-10-20/h3-8,11,15H,1-2,9-10,12H2,(H2,18,19,22). The van der Waals surface area contributed by atoms with Crippen molar-refractivity contribution in [3.8, 4) is 0 Å². The fourth-order valence-corrected chi connectivity index (χ4v) is 3.84. The fraction of sp³-hybridized carbons (Fsp3) is 0.353. The second kappa shape index (κ2) is 8.09. The number of amides is 2. The minimum absolute atomic E-state index is 0.00208. The number of nitrogens with one attached hydrogen (secondary N) is 2. The number of nitrogens with zero attached hydrogens (tertiary/aromatic N) is 2. The molecular weight excluding hydrogens is 340 g/mol. The van der Waals surface area contributed by atoms with Crippen molar-refractivity contribution in [2.24, 2.45) is 0 Å². The number of urea groups is 1. The zero-order valence-corrected chi connectivity index (χ0v) is 14.5. The molecule has 0 radical (unpaired) electrons. The number of non-ortho nitro benzene ring substituents is 1. The summed E-state index contributed by atoms with van der Waals surface area (Å²) in [6.45, 7) is 2.63. The van der Waals surface area contributed by atoms with Gasteiger partial charge in [-0.3, -0.25) is 15.0 Å². The van der Waals surface area contributed by atoms with Crippen LogP contribution < -0.4 is 10.6 Å². The summed E-state index contributed by atoms with van der Waals surface area (Å²) in [6, 6.07) is 9.79. The van der Waals surface area contributed by atoms with Crippen molar-refractivity contribution in [2.75, 3.05) is 25.0 Å². The predicted molar refractivity (Wildman–Crippen MR) is 98.0 cm³/mol. The van der Waals surface area contributed by atoms with Gasteiger partial charge in [-0.1, -0.05) is 6.07 Å². The molecule has 132 valence electrons. The molecule has 1 aliphatic rings. The van der Waals surface area contributed by atoms with Gasteiger partial charge >= 0.3 is 6.03 Å². The summed E-state index contributed by atoms with van der Waals surface area (Å²) in [5, 5.41) is 18.3. The molecule has 25 heavy (non-hydrogen) atoms. The van der Waals surface area contributed by atoms with E-state index in [4.69, 9.17) is 0 Å². The van der Waals surface area contributed by atoms with Crippen molar-refractivity contribution in [3.63, 3.8) is 0 Å². The lowest BCUT2D eigenvalue weighted by Crippen LogP contribution is -2.38. The van der Waals surface area contributed by atoms with Crippen molar-refractivity contribution < 1.29 is 9.72 Å². The van der Waals surface area contributed by atoms with Crippen LogP contribution in [0.5, 0.6) is 0 Å². The maximum atomic E-state index is 12.1. The first-order valence-electron chi connectivity index (χ1n) is 8.20. The number of anilines is 1. The lowest BCUT2D eigenvalue weighted by molar-refractivity contribution is -0.384. The van der Waals surface area contributed by atoms with Gasteiger partial charge in [0.1, 0.15) is 0 Å². The predicted octanol–water partition coefficient (Wildman–Crippen LogP) is 3.61. The van der Waals surface area contributed by atoms with Gasteiger partial charge in [0.15, 0.2) is 0 Å². The first-order chi connectivity index (χ1) is 12.1. The Labute approximate surface area is 149 Å². The minimum atomic E-state index is -0.467. The molecule has 1 saturated heterocycles. The molecule has 1 unspecified atom stereocenters. The average Bonchev–Trinajstić information content (AvgIpc) is 3.29. The second-order valence-corrected chi connectivity index (χ2v) is 6.89. The van der Waals surface area contributed by atoms with Crippen LogP contribution in [-0.2, 0) is 0 Å². The fourth-order valence-electron chi connectivity index (χ4n) is 2.97. The minimum Gasteiger partial charge on any atom is -0.336 e. The van der Waals surface area contributed by atoms with E-state index in [0.717, 1.165) is 13.1 Å². The van der Waals surface area contributed by atoms with Gasteiger partial charge in [0.05, 0.1) is 11.0 Å². The molecule has 0 saturated carbocycles. The summed E-state index contributed by atoms with van der Waals surface area (Å²) in [7, 11) is 0. The van der Waals surface area contributed by atoms with Crippen molar-refractivity contribution in [3.05, 3.63) is 56.8 Å². The Morgan fingerprint density at radius 1 is 1.24 bits per heavy atom. The number of nitro groups is 1. The number of hydrogen-bond acceptors (Lipinski definition) is 5. The van der Waals surface area contributed by atoms with E-state index in [2.05, 4.69) is 27.0 Å². The van der Waals surface area contributed by atoms with Gasteiger partial charge in [-0.2, -0.15) is 0 Å². The van der Waals surface area contributed by atoms with Crippen molar-refractivity contribution in [1.29, 1.82) is 0 Å². The zero-order valence-electron chi connectivity index (χ0n) is 13.7.